The van der Waals surface area contributed by atoms with Crippen LogP contribution in [0.1, 0.15) is 64.0 Å². The molecule has 1 aliphatic rings. The summed E-state index contributed by atoms with van der Waals surface area (Å²) in [6.45, 7) is 10.7. The lowest BCUT2D eigenvalue weighted by atomic mass is 9.78. The van der Waals surface area contributed by atoms with Crippen molar-refractivity contribution in [3.8, 4) is 0 Å². The summed E-state index contributed by atoms with van der Waals surface area (Å²) in [5.74, 6) is -0.256. The summed E-state index contributed by atoms with van der Waals surface area (Å²) < 4.78 is 0. The van der Waals surface area contributed by atoms with Crippen LogP contribution in [0.25, 0.3) is 0 Å². The van der Waals surface area contributed by atoms with Gasteiger partial charge in [-0.15, -0.1) is 0 Å². The van der Waals surface area contributed by atoms with Gasteiger partial charge in [-0.25, -0.2) is 4.79 Å². The molecule has 3 nitrogen and oxygen atoms in total. The average molecular weight is 289 g/mol. The first-order valence-corrected chi connectivity index (χ1v) is 7.90. The highest BCUT2D eigenvalue weighted by Gasteiger charge is 2.42. The van der Waals surface area contributed by atoms with E-state index < -0.39 is 12.0 Å². The fourth-order valence-electron chi connectivity index (χ4n) is 3.80. The molecule has 1 heterocycles. The Hall–Kier alpha value is -1.51. The number of carboxylic acids is 1. The third-order valence-corrected chi connectivity index (χ3v) is 4.59. The van der Waals surface area contributed by atoms with Crippen LogP contribution in [0.3, 0.4) is 0 Å². The van der Waals surface area contributed by atoms with E-state index >= 15 is 0 Å². The van der Waals surface area contributed by atoms with E-state index in [1.165, 1.54) is 11.1 Å². The Morgan fingerprint density at radius 1 is 1.48 bits per heavy atom. The van der Waals surface area contributed by atoms with E-state index in [0.717, 1.165) is 18.5 Å². The molecule has 1 aromatic carbocycles. The van der Waals surface area contributed by atoms with Gasteiger partial charge in [0, 0.05) is 11.2 Å². The minimum Gasteiger partial charge on any atom is -0.480 e. The van der Waals surface area contributed by atoms with Crippen molar-refractivity contribution in [3.05, 3.63) is 29.3 Å². The number of rotatable bonds is 4. The predicted octanol–water partition coefficient (Wildman–Crippen LogP) is 4.34. The molecule has 0 saturated carbocycles. The molecule has 1 N–H and O–H groups in total. The highest BCUT2D eigenvalue weighted by molar-refractivity contribution is 5.80. The summed E-state index contributed by atoms with van der Waals surface area (Å²) >= 11 is 0. The fourth-order valence-corrected chi connectivity index (χ4v) is 3.80. The maximum atomic E-state index is 11.8. The van der Waals surface area contributed by atoms with E-state index in [4.69, 9.17) is 0 Å². The molecule has 0 spiro atoms. The molecular formula is C18H27NO2. The third kappa shape index (κ3) is 2.92. The van der Waals surface area contributed by atoms with Gasteiger partial charge >= 0.3 is 5.97 Å². The van der Waals surface area contributed by atoms with Gasteiger partial charge < -0.3 is 10.0 Å². The minimum atomic E-state index is -0.717. The van der Waals surface area contributed by atoms with Gasteiger partial charge in [0.1, 0.15) is 6.04 Å². The number of fused-ring (bicyclic) bond motifs is 1. The Bertz CT molecular complexity index is 536. The molecule has 2 rings (SSSR count). The van der Waals surface area contributed by atoms with Crippen molar-refractivity contribution in [2.45, 2.75) is 71.4 Å². The monoisotopic (exact) mass is 289 g/mol. The van der Waals surface area contributed by atoms with Crippen LogP contribution in [0.15, 0.2) is 18.2 Å². The number of aryl methyl sites for hydroxylation is 1. The van der Waals surface area contributed by atoms with Crippen molar-refractivity contribution < 1.29 is 9.90 Å². The maximum absolute atomic E-state index is 11.8. The lowest BCUT2D eigenvalue weighted by Crippen LogP contribution is -2.56. The molecule has 0 radical (unpaired) electrons. The van der Waals surface area contributed by atoms with Gasteiger partial charge in [0.15, 0.2) is 0 Å². The molecule has 2 atom stereocenters. The Morgan fingerprint density at radius 2 is 2.14 bits per heavy atom. The lowest BCUT2D eigenvalue weighted by molar-refractivity contribution is -0.139. The van der Waals surface area contributed by atoms with E-state index in [-0.39, 0.29) is 5.54 Å². The zero-order valence-electron chi connectivity index (χ0n) is 13.8. The van der Waals surface area contributed by atoms with E-state index in [0.29, 0.717) is 12.3 Å². The predicted molar refractivity (Wildman–Crippen MR) is 87.1 cm³/mol. The summed E-state index contributed by atoms with van der Waals surface area (Å²) in [6, 6.07) is 5.96. The summed E-state index contributed by atoms with van der Waals surface area (Å²) in [6.07, 6.45) is 2.54. The molecule has 3 heteroatoms. The second kappa shape index (κ2) is 5.70. The highest BCUT2D eigenvalue weighted by atomic mass is 16.4. The third-order valence-electron chi connectivity index (χ3n) is 4.59. The van der Waals surface area contributed by atoms with Crippen molar-refractivity contribution >= 4 is 11.7 Å². The van der Waals surface area contributed by atoms with Crippen LogP contribution in [0.2, 0.25) is 0 Å². The van der Waals surface area contributed by atoms with Crippen LogP contribution in [-0.4, -0.2) is 22.7 Å². The zero-order valence-corrected chi connectivity index (χ0v) is 13.8. The molecule has 0 aromatic heterocycles. The van der Waals surface area contributed by atoms with Gasteiger partial charge in [-0.1, -0.05) is 38.0 Å². The van der Waals surface area contributed by atoms with Crippen LogP contribution in [0.5, 0.6) is 0 Å². The first-order valence-electron chi connectivity index (χ1n) is 7.90. The number of aliphatic carboxylic acids is 1. The standard InChI is InChI=1S/C18H27NO2/c1-6-7-16(17(20)21)19-15-9-8-12(2)10-14(15)13(3)11-18(19,4)5/h8-10,13,16H,6-7,11H2,1-5H3,(H,20,21). The van der Waals surface area contributed by atoms with Crippen LogP contribution in [0, 0.1) is 6.92 Å². The van der Waals surface area contributed by atoms with Gasteiger partial charge in [0.05, 0.1) is 0 Å². The van der Waals surface area contributed by atoms with Gasteiger partial charge in [-0.2, -0.15) is 0 Å². The van der Waals surface area contributed by atoms with Gasteiger partial charge in [-0.05, 0) is 51.2 Å². The van der Waals surface area contributed by atoms with Crippen LogP contribution in [0.4, 0.5) is 5.69 Å². The quantitative estimate of drug-likeness (QED) is 0.896. The molecule has 2 unspecified atom stereocenters. The summed E-state index contributed by atoms with van der Waals surface area (Å²) in [5.41, 5.74) is 3.49. The van der Waals surface area contributed by atoms with E-state index in [1.807, 2.05) is 6.92 Å². The molecule has 21 heavy (non-hydrogen) atoms. The van der Waals surface area contributed by atoms with Crippen molar-refractivity contribution in [1.29, 1.82) is 0 Å². The van der Waals surface area contributed by atoms with Crippen molar-refractivity contribution in [2.24, 2.45) is 0 Å². The number of hydrogen-bond acceptors (Lipinski definition) is 2. The molecule has 0 aliphatic carbocycles. The highest BCUT2D eigenvalue weighted by Crippen LogP contribution is 2.45. The first-order chi connectivity index (χ1) is 9.77. The summed E-state index contributed by atoms with van der Waals surface area (Å²) in [7, 11) is 0. The second-order valence-electron chi connectivity index (χ2n) is 6.99. The second-order valence-corrected chi connectivity index (χ2v) is 6.99. The van der Waals surface area contributed by atoms with Crippen LogP contribution >= 0.6 is 0 Å². The Balaban J connectivity index is 2.56. The molecule has 116 valence electrons. The van der Waals surface area contributed by atoms with Crippen LogP contribution < -0.4 is 4.90 Å². The SMILES string of the molecule is CCCC(C(=O)O)N1c2ccc(C)cc2C(C)CC1(C)C. The van der Waals surface area contributed by atoms with Crippen molar-refractivity contribution in [1.82, 2.24) is 0 Å². The number of anilines is 1. The normalized spacial score (nSPS) is 21.8. The van der Waals surface area contributed by atoms with Crippen molar-refractivity contribution in [2.75, 3.05) is 4.90 Å². The lowest BCUT2D eigenvalue weighted by Gasteiger charge is -2.50. The Labute approximate surface area is 128 Å². The van der Waals surface area contributed by atoms with Gasteiger partial charge in [-0.3, -0.25) is 0 Å². The van der Waals surface area contributed by atoms with Gasteiger partial charge in [0.2, 0.25) is 0 Å². The smallest absolute Gasteiger partial charge is 0.326 e. The molecule has 0 amide bonds. The molecular weight excluding hydrogens is 262 g/mol. The summed E-state index contributed by atoms with van der Waals surface area (Å²) in [4.78, 5) is 13.9. The zero-order chi connectivity index (χ0) is 15.8. The number of nitrogens with zero attached hydrogens (tertiary/aromatic N) is 1. The molecule has 0 saturated heterocycles. The first kappa shape index (κ1) is 15.9. The topological polar surface area (TPSA) is 40.5 Å². The molecule has 1 aliphatic heterocycles. The fraction of sp³-hybridized carbons (Fsp3) is 0.611. The van der Waals surface area contributed by atoms with Gasteiger partial charge in [0.25, 0.3) is 0 Å². The molecule has 0 bridgehead atoms. The largest absolute Gasteiger partial charge is 0.480 e. The van der Waals surface area contributed by atoms with Crippen molar-refractivity contribution in [3.63, 3.8) is 0 Å². The number of carbonyl (C=O) groups is 1. The van der Waals surface area contributed by atoms with E-state index in [1.54, 1.807) is 0 Å². The number of hydrogen-bond donors (Lipinski definition) is 1. The maximum Gasteiger partial charge on any atom is 0.326 e. The van der Waals surface area contributed by atoms with Crippen LogP contribution in [-0.2, 0) is 4.79 Å². The average Bonchev–Trinajstić information content (AvgIpc) is 2.37. The number of carboxylic acid groups (broad SMARTS) is 1. The number of benzene rings is 1. The van der Waals surface area contributed by atoms with E-state index in [9.17, 15) is 9.90 Å². The summed E-state index contributed by atoms with van der Waals surface area (Å²) in [5, 5.41) is 9.69. The Morgan fingerprint density at radius 3 is 2.71 bits per heavy atom. The Kier molecular flexibility index (Phi) is 4.31. The van der Waals surface area contributed by atoms with E-state index in [2.05, 4.69) is 50.8 Å². The molecule has 0 fully saturated rings. The molecule has 1 aromatic rings. The minimum absolute atomic E-state index is 0.139.